The predicted octanol–water partition coefficient (Wildman–Crippen LogP) is 3.70. The van der Waals surface area contributed by atoms with E-state index in [1.54, 1.807) is 0 Å². The van der Waals surface area contributed by atoms with Crippen molar-refractivity contribution in [3.05, 3.63) is 62.9 Å². The Kier molecular flexibility index (Phi) is 6.26. The van der Waals surface area contributed by atoms with Crippen molar-refractivity contribution < 1.29 is 18.8 Å². The van der Waals surface area contributed by atoms with E-state index in [-0.39, 0.29) is 22.0 Å². The number of rotatable bonds is 7. The van der Waals surface area contributed by atoms with Crippen molar-refractivity contribution in [3.63, 3.8) is 0 Å². The summed E-state index contributed by atoms with van der Waals surface area (Å²) in [6.45, 7) is 0.799. The Morgan fingerprint density at radius 2 is 2.00 bits per heavy atom. The van der Waals surface area contributed by atoms with Crippen LogP contribution in [0.1, 0.15) is 10.4 Å². The highest BCUT2D eigenvalue weighted by molar-refractivity contribution is 6.34. The first-order valence-corrected chi connectivity index (χ1v) is 7.58. The van der Waals surface area contributed by atoms with Gasteiger partial charge >= 0.3 is 0 Å². The molecule has 0 unspecified atom stereocenters. The molecule has 7 nitrogen and oxygen atoms in total. The summed E-state index contributed by atoms with van der Waals surface area (Å²) >= 11 is 5.89. The first kappa shape index (κ1) is 18.6. The number of ether oxygens (including phenoxy) is 1. The SMILES string of the molecule is COCCNc1ccc([N+](=O)[O-])cc1C(=O)Nc1ccc(F)cc1Cl. The van der Waals surface area contributed by atoms with Crippen molar-refractivity contribution in [1.82, 2.24) is 0 Å². The second kappa shape index (κ2) is 8.41. The average Bonchev–Trinajstić information content (AvgIpc) is 2.57. The fourth-order valence-electron chi connectivity index (χ4n) is 2.06. The van der Waals surface area contributed by atoms with Crippen LogP contribution in [0.15, 0.2) is 36.4 Å². The first-order valence-electron chi connectivity index (χ1n) is 7.20. The Balaban J connectivity index is 2.31. The van der Waals surface area contributed by atoms with Gasteiger partial charge < -0.3 is 15.4 Å². The number of non-ortho nitro benzene ring substituents is 1. The minimum Gasteiger partial charge on any atom is -0.383 e. The number of benzene rings is 2. The van der Waals surface area contributed by atoms with Gasteiger partial charge in [-0.15, -0.1) is 0 Å². The van der Waals surface area contributed by atoms with Gasteiger partial charge in [0.25, 0.3) is 11.6 Å². The highest BCUT2D eigenvalue weighted by atomic mass is 35.5. The van der Waals surface area contributed by atoms with Gasteiger partial charge in [0.15, 0.2) is 0 Å². The number of amides is 1. The molecule has 0 spiro atoms. The quantitative estimate of drug-likeness (QED) is 0.442. The average molecular weight is 368 g/mol. The Bertz CT molecular complexity index is 801. The van der Waals surface area contributed by atoms with Gasteiger partial charge in [-0.2, -0.15) is 0 Å². The van der Waals surface area contributed by atoms with Crippen LogP contribution in [-0.2, 0) is 4.74 Å². The monoisotopic (exact) mass is 367 g/mol. The summed E-state index contributed by atoms with van der Waals surface area (Å²) < 4.78 is 18.0. The number of halogens is 2. The summed E-state index contributed by atoms with van der Waals surface area (Å²) in [7, 11) is 1.53. The van der Waals surface area contributed by atoms with E-state index >= 15 is 0 Å². The minimum absolute atomic E-state index is 0.0210. The van der Waals surface area contributed by atoms with Gasteiger partial charge in [-0.3, -0.25) is 14.9 Å². The lowest BCUT2D eigenvalue weighted by Gasteiger charge is -2.13. The zero-order valence-electron chi connectivity index (χ0n) is 13.2. The molecule has 25 heavy (non-hydrogen) atoms. The van der Waals surface area contributed by atoms with Crippen molar-refractivity contribution in [2.45, 2.75) is 0 Å². The number of nitro benzene ring substituents is 1. The summed E-state index contributed by atoms with van der Waals surface area (Å²) in [5.74, 6) is -1.16. The lowest BCUT2D eigenvalue weighted by Crippen LogP contribution is -2.17. The van der Waals surface area contributed by atoms with E-state index in [0.717, 1.165) is 18.2 Å². The number of methoxy groups -OCH3 is 1. The van der Waals surface area contributed by atoms with Crippen LogP contribution in [0.2, 0.25) is 5.02 Å². The van der Waals surface area contributed by atoms with E-state index in [1.807, 2.05) is 0 Å². The second-order valence-corrected chi connectivity index (χ2v) is 5.39. The number of carbonyl (C=O) groups excluding carboxylic acids is 1. The summed E-state index contributed by atoms with van der Waals surface area (Å²) in [6, 6.07) is 7.40. The first-order chi connectivity index (χ1) is 11.9. The van der Waals surface area contributed by atoms with Gasteiger partial charge in [0, 0.05) is 31.5 Å². The van der Waals surface area contributed by atoms with E-state index < -0.39 is 16.6 Å². The molecule has 2 N–H and O–H groups in total. The van der Waals surface area contributed by atoms with Crippen molar-refractivity contribution in [3.8, 4) is 0 Å². The van der Waals surface area contributed by atoms with Gasteiger partial charge in [-0.1, -0.05) is 11.6 Å². The fraction of sp³-hybridized carbons (Fsp3) is 0.188. The summed E-state index contributed by atoms with van der Waals surface area (Å²) in [6.07, 6.45) is 0. The third-order valence-electron chi connectivity index (χ3n) is 3.26. The number of hydrogen-bond donors (Lipinski definition) is 2. The largest absolute Gasteiger partial charge is 0.383 e. The van der Waals surface area contributed by atoms with Gasteiger partial charge in [0.05, 0.1) is 27.8 Å². The van der Waals surface area contributed by atoms with E-state index in [0.29, 0.717) is 18.8 Å². The van der Waals surface area contributed by atoms with Crippen LogP contribution in [0, 0.1) is 15.9 Å². The molecule has 0 saturated carbocycles. The molecular formula is C16H15ClFN3O4. The molecule has 9 heteroatoms. The molecule has 132 valence electrons. The molecule has 0 saturated heterocycles. The molecule has 0 aromatic heterocycles. The molecule has 0 bridgehead atoms. The normalized spacial score (nSPS) is 10.4. The second-order valence-electron chi connectivity index (χ2n) is 4.98. The topological polar surface area (TPSA) is 93.5 Å². The molecule has 0 heterocycles. The fourth-order valence-corrected chi connectivity index (χ4v) is 2.27. The van der Waals surface area contributed by atoms with Crippen LogP contribution >= 0.6 is 11.6 Å². The molecule has 0 radical (unpaired) electrons. The van der Waals surface area contributed by atoms with Gasteiger partial charge in [0.2, 0.25) is 0 Å². The van der Waals surface area contributed by atoms with E-state index in [1.165, 1.54) is 25.3 Å². The predicted molar refractivity (Wildman–Crippen MR) is 92.8 cm³/mol. The Morgan fingerprint density at radius 1 is 1.28 bits per heavy atom. The highest BCUT2D eigenvalue weighted by Crippen LogP contribution is 2.26. The third kappa shape index (κ3) is 4.88. The van der Waals surface area contributed by atoms with Crippen LogP contribution < -0.4 is 10.6 Å². The lowest BCUT2D eigenvalue weighted by molar-refractivity contribution is -0.384. The molecule has 0 aliphatic rings. The maximum absolute atomic E-state index is 13.1. The maximum atomic E-state index is 13.1. The number of hydrogen-bond acceptors (Lipinski definition) is 5. The van der Waals surface area contributed by atoms with Crippen LogP contribution in [0.4, 0.5) is 21.5 Å². The van der Waals surface area contributed by atoms with Crippen molar-refractivity contribution in [2.75, 3.05) is 30.9 Å². The van der Waals surface area contributed by atoms with Crippen molar-refractivity contribution >= 4 is 34.6 Å². The van der Waals surface area contributed by atoms with Gasteiger partial charge in [0.1, 0.15) is 5.82 Å². The molecule has 2 aromatic rings. The van der Waals surface area contributed by atoms with Gasteiger partial charge in [-0.05, 0) is 24.3 Å². The molecule has 0 aliphatic carbocycles. The Morgan fingerprint density at radius 3 is 2.64 bits per heavy atom. The molecule has 0 aliphatic heterocycles. The van der Waals surface area contributed by atoms with Crippen molar-refractivity contribution in [2.24, 2.45) is 0 Å². The summed E-state index contributed by atoms with van der Waals surface area (Å²) in [5.41, 5.74) is 0.430. The molecule has 1 amide bonds. The number of anilines is 2. The summed E-state index contributed by atoms with van der Waals surface area (Å²) in [5, 5.41) is 16.5. The Hall–Kier alpha value is -2.71. The molecule has 2 aromatic carbocycles. The molecular weight excluding hydrogens is 353 g/mol. The number of nitrogens with zero attached hydrogens (tertiary/aromatic N) is 1. The molecule has 0 atom stereocenters. The Labute approximate surface area is 147 Å². The van der Waals surface area contributed by atoms with E-state index in [4.69, 9.17) is 16.3 Å². The van der Waals surface area contributed by atoms with E-state index in [9.17, 15) is 19.3 Å². The number of nitro groups is 1. The highest BCUT2D eigenvalue weighted by Gasteiger charge is 2.18. The molecule has 0 fully saturated rings. The van der Waals surface area contributed by atoms with Gasteiger partial charge in [-0.25, -0.2) is 4.39 Å². The standard InChI is InChI=1S/C16H15ClFN3O4/c1-25-7-6-19-14-5-3-11(21(23)24)9-12(14)16(22)20-15-4-2-10(18)8-13(15)17/h2-5,8-9,19H,6-7H2,1H3,(H,20,22). The molecule has 2 rings (SSSR count). The van der Waals surface area contributed by atoms with E-state index in [2.05, 4.69) is 10.6 Å². The summed E-state index contributed by atoms with van der Waals surface area (Å²) in [4.78, 5) is 22.9. The minimum atomic E-state index is -0.614. The zero-order valence-corrected chi connectivity index (χ0v) is 14.0. The van der Waals surface area contributed by atoms with Crippen molar-refractivity contribution in [1.29, 1.82) is 0 Å². The maximum Gasteiger partial charge on any atom is 0.270 e. The van der Waals surface area contributed by atoms with Crippen LogP contribution in [0.5, 0.6) is 0 Å². The number of nitrogens with one attached hydrogen (secondary N) is 2. The smallest absolute Gasteiger partial charge is 0.270 e. The lowest BCUT2D eigenvalue weighted by atomic mass is 10.1. The number of carbonyl (C=O) groups is 1. The third-order valence-corrected chi connectivity index (χ3v) is 3.57. The zero-order chi connectivity index (χ0) is 18.4. The van der Waals surface area contributed by atoms with Crippen LogP contribution in [0.25, 0.3) is 0 Å². The van der Waals surface area contributed by atoms with Crippen LogP contribution in [0.3, 0.4) is 0 Å². The van der Waals surface area contributed by atoms with Crippen LogP contribution in [-0.4, -0.2) is 31.1 Å².